The molecule has 0 spiro atoms. The first-order valence-electron chi connectivity index (χ1n) is 5.99. The fraction of sp³-hybridized carbons (Fsp3) is 0.500. The van der Waals surface area contributed by atoms with Gasteiger partial charge in [0.05, 0.1) is 11.6 Å². The Labute approximate surface area is 103 Å². The zero-order valence-corrected chi connectivity index (χ0v) is 10.4. The predicted octanol–water partition coefficient (Wildman–Crippen LogP) is 2.42. The van der Waals surface area contributed by atoms with E-state index in [-0.39, 0.29) is 5.60 Å². The Balaban J connectivity index is 2.07. The van der Waals surface area contributed by atoms with Crippen LogP contribution in [0.4, 0.5) is 0 Å². The van der Waals surface area contributed by atoms with Gasteiger partial charge in [-0.05, 0) is 45.0 Å². The van der Waals surface area contributed by atoms with E-state index in [1.165, 1.54) is 0 Å². The van der Waals surface area contributed by atoms with E-state index in [2.05, 4.69) is 24.9 Å². The largest absolute Gasteiger partial charge is 0.487 e. The molecule has 0 amide bonds. The van der Waals surface area contributed by atoms with Crippen molar-refractivity contribution in [2.24, 2.45) is 0 Å². The van der Waals surface area contributed by atoms with Crippen LogP contribution in [0.1, 0.15) is 25.3 Å². The normalized spacial score (nSPS) is 19.6. The van der Waals surface area contributed by atoms with E-state index in [1.54, 1.807) is 6.07 Å². The van der Waals surface area contributed by atoms with E-state index in [1.807, 2.05) is 18.2 Å². The first-order valence-corrected chi connectivity index (χ1v) is 5.99. The number of piperidine rings is 1. The number of nitrogens with zero attached hydrogens (tertiary/aromatic N) is 2. The third-order valence-corrected chi connectivity index (χ3v) is 3.37. The molecule has 1 heterocycles. The van der Waals surface area contributed by atoms with Crippen LogP contribution in [0.2, 0.25) is 0 Å². The summed E-state index contributed by atoms with van der Waals surface area (Å²) in [7, 11) is 2.13. The molecule has 1 aromatic rings. The molecule has 0 aliphatic carbocycles. The third kappa shape index (κ3) is 2.98. The van der Waals surface area contributed by atoms with Crippen LogP contribution in [-0.2, 0) is 0 Å². The molecule has 3 nitrogen and oxygen atoms in total. The minimum Gasteiger partial charge on any atom is -0.487 e. The molecule has 0 aromatic heterocycles. The summed E-state index contributed by atoms with van der Waals surface area (Å²) in [6.45, 7) is 4.28. The van der Waals surface area contributed by atoms with Crippen LogP contribution in [-0.4, -0.2) is 30.6 Å². The Bertz CT molecular complexity index is 428. The molecule has 0 atom stereocenters. The monoisotopic (exact) mass is 230 g/mol. The second-order valence-corrected chi connectivity index (χ2v) is 4.99. The Morgan fingerprint density at radius 1 is 1.35 bits per heavy atom. The van der Waals surface area contributed by atoms with Gasteiger partial charge in [-0.2, -0.15) is 5.26 Å². The van der Waals surface area contributed by atoms with Crippen LogP contribution >= 0.6 is 0 Å². The highest BCUT2D eigenvalue weighted by molar-refractivity contribution is 5.36. The molecule has 0 N–H and O–H groups in total. The highest BCUT2D eigenvalue weighted by Gasteiger charge is 2.30. The van der Waals surface area contributed by atoms with Crippen molar-refractivity contribution in [1.82, 2.24) is 4.90 Å². The van der Waals surface area contributed by atoms with Crippen LogP contribution in [0.25, 0.3) is 0 Å². The molecule has 0 unspecified atom stereocenters. The quantitative estimate of drug-likeness (QED) is 0.783. The van der Waals surface area contributed by atoms with Crippen LogP contribution in [0.5, 0.6) is 5.75 Å². The van der Waals surface area contributed by atoms with Crippen LogP contribution in [0.3, 0.4) is 0 Å². The standard InChI is InChI=1S/C14H18N2O/c1-14(6-8-16(2)9-7-14)17-13-5-3-4-12(10-13)11-15/h3-5,10H,6-9H2,1-2H3. The van der Waals surface area contributed by atoms with Gasteiger partial charge in [-0.3, -0.25) is 0 Å². The minimum atomic E-state index is -0.0966. The molecule has 0 radical (unpaired) electrons. The first-order chi connectivity index (χ1) is 8.11. The summed E-state index contributed by atoms with van der Waals surface area (Å²) < 4.78 is 6.06. The average Bonchev–Trinajstić information content (AvgIpc) is 2.33. The van der Waals surface area contributed by atoms with Crippen molar-refractivity contribution in [2.45, 2.75) is 25.4 Å². The minimum absolute atomic E-state index is 0.0966. The topological polar surface area (TPSA) is 36.3 Å². The van der Waals surface area contributed by atoms with Crippen molar-refractivity contribution < 1.29 is 4.74 Å². The van der Waals surface area contributed by atoms with Gasteiger partial charge < -0.3 is 9.64 Å². The molecule has 1 aliphatic rings. The Kier molecular flexibility index (Phi) is 3.35. The van der Waals surface area contributed by atoms with Crippen LogP contribution < -0.4 is 4.74 Å². The second-order valence-electron chi connectivity index (χ2n) is 4.99. The average molecular weight is 230 g/mol. The molecule has 1 saturated heterocycles. The number of rotatable bonds is 2. The highest BCUT2D eigenvalue weighted by Crippen LogP contribution is 2.28. The number of hydrogen-bond acceptors (Lipinski definition) is 3. The molecule has 1 aromatic carbocycles. The van der Waals surface area contributed by atoms with Crippen molar-refractivity contribution in [3.05, 3.63) is 29.8 Å². The van der Waals surface area contributed by atoms with Crippen molar-refractivity contribution in [1.29, 1.82) is 5.26 Å². The maximum Gasteiger partial charge on any atom is 0.121 e. The molecule has 1 aliphatic heterocycles. The van der Waals surface area contributed by atoms with Gasteiger partial charge in [-0.15, -0.1) is 0 Å². The molecule has 2 rings (SSSR count). The third-order valence-electron chi connectivity index (χ3n) is 3.37. The Hall–Kier alpha value is -1.53. The van der Waals surface area contributed by atoms with E-state index in [0.29, 0.717) is 5.56 Å². The van der Waals surface area contributed by atoms with Crippen molar-refractivity contribution in [3.8, 4) is 11.8 Å². The number of nitriles is 1. The summed E-state index contributed by atoms with van der Waals surface area (Å²) >= 11 is 0. The Morgan fingerprint density at radius 3 is 2.71 bits per heavy atom. The van der Waals surface area contributed by atoms with Gasteiger partial charge in [0.1, 0.15) is 11.4 Å². The maximum atomic E-state index is 8.85. The SMILES string of the molecule is CN1CCC(C)(Oc2cccc(C#N)c2)CC1. The first kappa shape index (κ1) is 11.9. The zero-order chi connectivity index (χ0) is 12.3. The van der Waals surface area contributed by atoms with Gasteiger partial charge in [0.15, 0.2) is 0 Å². The van der Waals surface area contributed by atoms with Gasteiger partial charge in [0.2, 0.25) is 0 Å². The predicted molar refractivity (Wildman–Crippen MR) is 66.9 cm³/mol. The summed E-state index contributed by atoms with van der Waals surface area (Å²) in [6.07, 6.45) is 2.06. The van der Waals surface area contributed by atoms with E-state index in [0.717, 1.165) is 31.7 Å². The second kappa shape index (κ2) is 4.77. The van der Waals surface area contributed by atoms with Gasteiger partial charge in [-0.1, -0.05) is 6.07 Å². The van der Waals surface area contributed by atoms with Crippen molar-refractivity contribution in [2.75, 3.05) is 20.1 Å². The lowest BCUT2D eigenvalue weighted by atomic mass is 9.93. The maximum absolute atomic E-state index is 8.85. The molecule has 90 valence electrons. The van der Waals surface area contributed by atoms with Gasteiger partial charge in [0, 0.05) is 13.1 Å². The van der Waals surface area contributed by atoms with Crippen LogP contribution in [0.15, 0.2) is 24.3 Å². The highest BCUT2D eigenvalue weighted by atomic mass is 16.5. The lowest BCUT2D eigenvalue weighted by molar-refractivity contribution is 0.0241. The number of benzene rings is 1. The summed E-state index contributed by atoms with van der Waals surface area (Å²) in [6, 6.07) is 9.53. The van der Waals surface area contributed by atoms with Crippen molar-refractivity contribution >= 4 is 0 Å². The molecule has 0 bridgehead atoms. The molecule has 1 fully saturated rings. The van der Waals surface area contributed by atoms with E-state index in [4.69, 9.17) is 10.00 Å². The smallest absolute Gasteiger partial charge is 0.121 e. The molecule has 17 heavy (non-hydrogen) atoms. The number of ether oxygens (including phenoxy) is 1. The fourth-order valence-corrected chi connectivity index (χ4v) is 2.11. The molecular formula is C14H18N2O. The van der Waals surface area contributed by atoms with Gasteiger partial charge in [-0.25, -0.2) is 0 Å². The summed E-state index contributed by atoms with van der Waals surface area (Å²) in [5, 5.41) is 8.85. The van der Waals surface area contributed by atoms with Crippen molar-refractivity contribution in [3.63, 3.8) is 0 Å². The number of likely N-dealkylation sites (tertiary alicyclic amines) is 1. The van der Waals surface area contributed by atoms with Gasteiger partial charge in [0.25, 0.3) is 0 Å². The fourth-order valence-electron chi connectivity index (χ4n) is 2.11. The van der Waals surface area contributed by atoms with E-state index >= 15 is 0 Å². The summed E-state index contributed by atoms with van der Waals surface area (Å²) in [4.78, 5) is 2.32. The molecule has 0 saturated carbocycles. The molecular weight excluding hydrogens is 212 g/mol. The lowest BCUT2D eigenvalue weighted by Crippen LogP contribution is -2.44. The van der Waals surface area contributed by atoms with E-state index in [9.17, 15) is 0 Å². The zero-order valence-electron chi connectivity index (χ0n) is 10.4. The lowest BCUT2D eigenvalue weighted by Gasteiger charge is -2.38. The summed E-state index contributed by atoms with van der Waals surface area (Å²) in [5.41, 5.74) is 0.555. The van der Waals surface area contributed by atoms with E-state index < -0.39 is 0 Å². The number of hydrogen-bond donors (Lipinski definition) is 0. The van der Waals surface area contributed by atoms with Gasteiger partial charge >= 0.3 is 0 Å². The molecule has 3 heteroatoms. The summed E-state index contributed by atoms with van der Waals surface area (Å²) in [5.74, 6) is 0.802. The Morgan fingerprint density at radius 2 is 2.06 bits per heavy atom. The van der Waals surface area contributed by atoms with Crippen LogP contribution in [0, 0.1) is 11.3 Å².